The second-order valence-electron chi connectivity index (χ2n) is 9.13. The summed E-state index contributed by atoms with van der Waals surface area (Å²) in [5.74, 6) is -0.0393. The molecule has 34 heavy (non-hydrogen) atoms. The van der Waals surface area contributed by atoms with Gasteiger partial charge < -0.3 is 19.7 Å². The largest absolute Gasteiger partial charge is 0.348 e. The molecule has 0 fully saturated rings. The lowest BCUT2D eigenvalue weighted by atomic mass is 9.98. The minimum Gasteiger partial charge on any atom is -0.348 e. The highest BCUT2D eigenvalue weighted by atomic mass is 16.2. The van der Waals surface area contributed by atoms with Crippen LogP contribution in [-0.2, 0) is 11.3 Å². The first kappa shape index (κ1) is 23.6. The number of anilines is 1. The molecule has 6 nitrogen and oxygen atoms in total. The summed E-state index contributed by atoms with van der Waals surface area (Å²) in [7, 11) is 0. The van der Waals surface area contributed by atoms with E-state index in [4.69, 9.17) is 0 Å². The third kappa shape index (κ3) is 4.86. The topological polar surface area (TPSA) is 57.6 Å². The van der Waals surface area contributed by atoms with Crippen molar-refractivity contribution in [3.8, 4) is 0 Å². The van der Waals surface area contributed by atoms with Crippen LogP contribution in [0.15, 0.2) is 60.8 Å². The Hall–Kier alpha value is -3.54. The van der Waals surface area contributed by atoms with Crippen LogP contribution in [0.1, 0.15) is 47.3 Å². The molecule has 1 aliphatic rings. The fraction of sp³-hybridized carbons (Fsp3) is 0.357. The normalized spacial score (nSPS) is 15.1. The Labute approximate surface area is 202 Å². The summed E-state index contributed by atoms with van der Waals surface area (Å²) < 4.78 is 2.21. The van der Waals surface area contributed by atoms with E-state index in [-0.39, 0.29) is 24.5 Å². The van der Waals surface area contributed by atoms with Gasteiger partial charge in [-0.15, -0.1) is 0 Å². The second kappa shape index (κ2) is 10.2. The number of hydrogen-bond donors (Lipinski definition) is 1. The molecule has 1 N–H and O–H groups in total. The molecule has 0 bridgehead atoms. The third-order valence-corrected chi connectivity index (χ3v) is 6.70. The van der Waals surface area contributed by atoms with Crippen molar-refractivity contribution in [3.63, 3.8) is 0 Å². The maximum Gasteiger partial charge on any atom is 0.322 e. The minimum absolute atomic E-state index is 0.0393. The Morgan fingerprint density at radius 1 is 1.00 bits per heavy atom. The Bertz CT molecular complexity index is 1170. The SMILES string of the molecule is CCCN(CC(=O)N1CCn2cccc2C1c1ccc(C)cc1)C(=O)Nc1cccc(C)c1C. The molecule has 0 saturated heterocycles. The zero-order chi connectivity index (χ0) is 24.2. The summed E-state index contributed by atoms with van der Waals surface area (Å²) in [6.07, 6.45) is 2.84. The van der Waals surface area contributed by atoms with Crippen molar-refractivity contribution in [3.05, 3.63) is 88.7 Å². The molecule has 178 valence electrons. The van der Waals surface area contributed by atoms with Crippen molar-refractivity contribution in [1.82, 2.24) is 14.4 Å². The Morgan fingerprint density at radius 2 is 1.76 bits per heavy atom. The number of rotatable bonds is 6. The number of aromatic nitrogens is 1. The highest BCUT2D eigenvalue weighted by Crippen LogP contribution is 2.32. The number of aryl methyl sites for hydroxylation is 2. The number of hydrogen-bond acceptors (Lipinski definition) is 2. The Balaban J connectivity index is 1.56. The van der Waals surface area contributed by atoms with E-state index in [0.717, 1.165) is 41.0 Å². The van der Waals surface area contributed by atoms with Crippen LogP contribution in [-0.4, -0.2) is 45.9 Å². The van der Waals surface area contributed by atoms with Crippen LogP contribution in [0.3, 0.4) is 0 Å². The molecule has 1 unspecified atom stereocenters. The summed E-state index contributed by atoms with van der Waals surface area (Å²) in [6.45, 7) is 10.0. The van der Waals surface area contributed by atoms with Crippen molar-refractivity contribution < 1.29 is 9.59 Å². The van der Waals surface area contributed by atoms with Gasteiger partial charge in [0.2, 0.25) is 5.91 Å². The fourth-order valence-electron chi connectivity index (χ4n) is 4.61. The first-order chi connectivity index (χ1) is 16.4. The second-order valence-corrected chi connectivity index (χ2v) is 9.13. The van der Waals surface area contributed by atoms with Crippen molar-refractivity contribution in [2.24, 2.45) is 0 Å². The van der Waals surface area contributed by atoms with Crippen LogP contribution in [0.5, 0.6) is 0 Å². The van der Waals surface area contributed by atoms with Crippen LogP contribution >= 0.6 is 0 Å². The summed E-state index contributed by atoms with van der Waals surface area (Å²) >= 11 is 0. The van der Waals surface area contributed by atoms with E-state index >= 15 is 0 Å². The molecule has 0 radical (unpaired) electrons. The zero-order valence-corrected chi connectivity index (χ0v) is 20.5. The van der Waals surface area contributed by atoms with Crippen LogP contribution in [0.4, 0.5) is 10.5 Å². The van der Waals surface area contributed by atoms with Crippen LogP contribution < -0.4 is 5.32 Å². The number of nitrogens with one attached hydrogen (secondary N) is 1. The number of benzene rings is 2. The molecule has 3 amide bonds. The Morgan fingerprint density at radius 3 is 2.50 bits per heavy atom. The van der Waals surface area contributed by atoms with Crippen LogP contribution in [0, 0.1) is 20.8 Å². The maximum absolute atomic E-state index is 13.6. The van der Waals surface area contributed by atoms with E-state index in [9.17, 15) is 9.59 Å². The summed E-state index contributed by atoms with van der Waals surface area (Å²) in [4.78, 5) is 30.4. The standard InChI is InChI=1S/C28H34N4O2/c1-5-15-31(28(34)29-24-9-6-8-21(3)22(24)4)19-26(33)32-18-17-30-16-7-10-25(30)27(32)23-13-11-20(2)12-14-23/h6-14,16,27H,5,15,17-19H2,1-4H3,(H,29,34). The lowest BCUT2D eigenvalue weighted by molar-refractivity contribution is -0.134. The predicted octanol–water partition coefficient (Wildman–Crippen LogP) is 5.29. The highest BCUT2D eigenvalue weighted by molar-refractivity contribution is 5.93. The monoisotopic (exact) mass is 458 g/mol. The molecule has 2 heterocycles. The van der Waals surface area contributed by atoms with Gasteiger partial charge in [0.1, 0.15) is 6.54 Å². The molecular weight excluding hydrogens is 424 g/mol. The lowest BCUT2D eigenvalue weighted by Crippen LogP contribution is -2.48. The van der Waals surface area contributed by atoms with E-state index in [1.165, 1.54) is 5.56 Å². The Kier molecular flexibility index (Phi) is 7.06. The average Bonchev–Trinajstić information content (AvgIpc) is 3.30. The molecule has 1 aliphatic heterocycles. The van der Waals surface area contributed by atoms with Crippen molar-refractivity contribution in [2.75, 3.05) is 25.0 Å². The summed E-state index contributed by atoms with van der Waals surface area (Å²) in [5, 5.41) is 3.02. The van der Waals surface area contributed by atoms with Crippen molar-refractivity contribution in [2.45, 2.75) is 46.7 Å². The highest BCUT2D eigenvalue weighted by Gasteiger charge is 2.33. The summed E-state index contributed by atoms with van der Waals surface area (Å²) in [6, 6.07) is 17.9. The van der Waals surface area contributed by atoms with Gasteiger partial charge in [-0.2, -0.15) is 0 Å². The number of carbonyl (C=O) groups is 2. The number of urea groups is 1. The van der Waals surface area contributed by atoms with Crippen LogP contribution in [0.25, 0.3) is 0 Å². The molecule has 0 aliphatic carbocycles. The first-order valence-corrected chi connectivity index (χ1v) is 12.0. The van der Waals surface area contributed by atoms with Gasteiger partial charge in [0.15, 0.2) is 0 Å². The zero-order valence-electron chi connectivity index (χ0n) is 20.5. The van der Waals surface area contributed by atoms with Gasteiger partial charge in [0.05, 0.1) is 6.04 Å². The van der Waals surface area contributed by atoms with Gasteiger partial charge in [0.25, 0.3) is 0 Å². The average molecular weight is 459 g/mol. The smallest absolute Gasteiger partial charge is 0.322 e. The number of carbonyl (C=O) groups excluding carboxylic acids is 2. The molecule has 4 rings (SSSR count). The van der Waals surface area contributed by atoms with E-state index in [0.29, 0.717) is 13.1 Å². The third-order valence-electron chi connectivity index (χ3n) is 6.70. The van der Waals surface area contributed by atoms with E-state index in [2.05, 4.69) is 53.3 Å². The summed E-state index contributed by atoms with van der Waals surface area (Å²) in [5.41, 5.74) is 6.31. The first-order valence-electron chi connectivity index (χ1n) is 12.0. The molecule has 6 heteroatoms. The van der Waals surface area contributed by atoms with E-state index < -0.39 is 0 Å². The van der Waals surface area contributed by atoms with Gasteiger partial charge in [-0.3, -0.25) is 4.79 Å². The quantitative estimate of drug-likeness (QED) is 0.546. The number of amides is 3. The van der Waals surface area contributed by atoms with Gasteiger partial charge in [0, 0.05) is 37.2 Å². The molecular formula is C28H34N4O2. The molecule has 1 aromatic heterocycles. The predicted molar refractivity (Wildman–Crippen MR) is 136 cm³/mol. The lowest BCUT2D eigenvalue weighted by Gasteiger charge is -2.38. The molecule has 3 aromatic rings. The number of fused-ring (bicyclic) bond motifs is 1. The number of nitrogens with zero attached hydrogens (tertiary/aromatic N) is 3. The van der Waals surface area contributed by atoms with Gasteiger partial charge in [-0.05, 0) is 62.1 Å². The minimum atomic E-state index is -0.240. The van der Waals surface area contributed by atoms with Crippen molar-refractivity contribution >= 4 is 17.6 Å². The van der Waals surface area contributed by atoms with Gasteiger partial charge in [-0.1, -0.05) is 48.9 Å². The van der Waals surface area contributed by atoms with E-state index in [1.807, 2.05) is 49.9 Å². The molecule has 2 aromatic carbocycles. The molecule has 0 saturated carbocycles. The van der Waals surface area contributed by atoms with Crippen molar-refractivity contribution in [1.29, 1.82) is 0 Å². The van der Waals surface area contributed by atoms with Crippen LogP contribution in [0.2, 0.25) is 0 Å². The fourth-order valence-corrected chi connectivity index (χ4v) is 4.61. The van der Waals surface area contributed by atoms with Gasteiger partial charge in [-0.25, -0.2) is 4.79 Å². The molecule has 0 spiro atoms. The molecule has 1 atom stereocenters. The van der Waals surface area contributed by atoms with E-state index in [1.54, 1.807) is 4.90 Å². The maximum atomic E-state index is 13.6. The van der Waals surface area contributed by atoms with Gasteiger partial charge >= 0.3 is 6.03 Å².